The third kappa shape index (κ3) is 4.77. The zero-order valence-corrected chi connectivity index (χ0v) is 15.1. The molecule has 0 bridgehead atoms. The molecule has 0 unspecified atom stereocenters. The minimum absolute atomic E-state index is 0.107. The molecule has 1 aliphatic heterocycles. The maximum Gasteiger partial charge on any atom is 0.238 e. The van der Waals surface area contributed by atoms with Crippen molar-refractivity contribution in [3.63, 3.8) is 0 Å². The zero-order valence-electron chi connectivity index (χ0n) is 13.4. The Labute approximate surface area is 153 Å². The number of nitrogens with one attached hydrogen (secondary N) is 2. The van der Waals surface area contributed by atoms with E-state index in [0.717, 1.165) is 10.6 Å². The molecule has 6 nitrogen and oxygen atoms in total. The molecule has 2 amide bonds. The van der Waals surface area contributed by atoms with Crippen LogP contribution in [-0.2, 0) is 9.59 Å². The Morgan fingerprint density at radius 3 is 2.76 bits per heavy atom. The maximum atomic E-state index is 12.4. The van der Waals surface area contributed by atoms with Crippen LogP contribution in [0, 0.1) is 0 Å². The van der Waals surface area contributed by atoms with Gasteiger partial charge in [0, 0.05) is 12.1 Å². The van der Waals surface area contributed by atoms with Crippen LogP contribution in [0.3, 0.4) is 0 Å². The van der Waals surface area contributed by atoms with Crippen LogP contribution in [0.15, 0.2) is 58.0 Å². The van der Waals surface area contributed by atoms with Crippen LogP contribution in [0.25, 0.3) is 0 Å². The molecule has 3 rings (SSSR count). The molecule has 1 aromatic heterocycles. The second-order valence-electron chi connectivity index (χ2n) is 5.28. The van der Waals surface area contributed by atoms with Crippen LogP contribution in [0.2, 0.25) is 0 Å². The molecule has 0 radical (unpaired) electrons. The van der Waals surface area contributed by atoms with Crippen molar-refractivity contribution in [2.24, 2.45) is 10.2 Å². The number of thiophene rings is 1. The van der Waals surface area contributed by atoms with Gasteiger partial charge in [-0.25, -0.2) is 0 Å². The molecule has 0 aliphatic carbocycles. The van der Waals surface area contributed by atoms with Gasteiger partial charge in [-0.2, -0.15) is 5.10 Å². The second kappa shape index (κ2) is 8.09. The Bertz CT molecular complexity index is 816. The highest BCUT2D eigenvalue weighted by molar-refractivity contribution is 8.15. The van der Waals surface area contributed by atoms with E-state index in [1.807, 2.05) is 42.6 Å². The number of rotatable bonds is 4. The highest BCUT2D eigenvalue weighted by Gasteiger charge is 2.30. The summed E-state index contributed by atoms with van der Waals surface area (Å²) in [5.41, 5.74) is 1.46. The number of thioether (sulfide) groups is 1. The molecule has 2 N–H and O–H groups in total. The molecular formula is C17H16N4O2S2. The Balaban J connectivity index is 1.69. The average Bonchev–Trinajstić information content (AvgIpc) is 3.15. The van der Waals surface area contributed by atoms with E-state index >= 15 is 0 Å². The molecule has 0 saturated carbocycles. The van der Waals surface area contributed by atoms with Crippen molar-refractivity contribution in [2.75, 3.05) is 5.32 Å². The van der Waals surface area contributed by atoms with Gasteiger partial charge < -0.3 is 10.6 Å². The van der Waals surface area contributed by atoms with Gasteiger partial charge in [0.2, 0.25) is 11.8 Å². The van der Waals surface area contributed by atoms with Crippen LogP contribution in [-0.4, -0.2) is 27.9 Å². The average molecular weight is 372 g/mol. The minimum atomic E-state index is -0.537. The Kier molecular flexibility index (Phi) is 5.62. The first-order valence-corrected chi connectivity index (χ1v) is 9.36. The maximum absolute atomic E-state index is 12.4. The quantitative estimate of drug-likeness (QED) is 0.639. The fourth-order valence-corrected chi connectivity index (χ4v) is 3.74. The molecule has 0 spiro atoms. The monoisotopic (exact) mass is 372 g/mol. The summed E-state index contributed by atoms with van der Waals surface area (Å²) in [6.45, 7) is 1.85. The lowest BCUT2D eigenvalue weighted by Gasteiger charge is -2.21. The number of amides is 2. The van der Waals surface area contributed by atoms with Gasteiger partial charge in [-0.1, -0.05) is 36.0 Å². The summed E-state index contributed by atoms with van der Waals surface area (Å²) in [5, 5.41) is 15.5. The lowest BCUT2D eigenvalue weighted by Crippen LogP contribution is -2.41. The molecule has 2 heterocycles. The van der Waals surface area contributed by atoms with Gasteiger partial charge in [0.15, 0.2) is 5.17 Å². The van der Waals surface area contributed by atoms with E-state index in [1.54, 1.807) is 23.5 Å². The molecule has 2 aromatic rings. The zero-order chi connectivity index (χ0) is 17.6. The molecule has 128 valence electrons. The van der Waals surface area contributed by atoms with Crippen LogP contribution < -0.4 is 10.6 Å². The summed E-state index contributed by atoms with van der Waals surface area (Å²) < 4.78 is 0. The topological polar surface area (TPSA) is 82.9 Å². The number of carbonyl (C=O) groups excluding carboxylic acids is 2. The van der Waals surface area contributed by atoms with Crippen molar-refractivity contribution in [1.82, 2.24) is 5.32 Å². The first kappa shape index (κ1) is 17.4. The molecule has 1 atom stereocenters. The molecular weight excluding hydrogens is 356 g/mol. The molecule has 25 heavy (non-hydrogen) atoms. The lowest BCUT2D eigenvalue weighted by molar-refractivity contribution is -0.123. The number of nitrogens with zero attached hydrogens (tertiary/aromatic N) is 2. The Hall–Kier alpha value is -2.45. The van der Waals surface area contributed by atoms with Crippen molar-refractivity contribution in [3.05, 3.63) is 52.7 Å². The summed E-state index contributed by atoms with van der Waals surface area (Å²) in [6.07, 6.45) is 0.107. The molecule has 1 fully saturated rings. The first-order valence-electron chi connectivity index (χ1n) is 7.60. The number of anilines is 1. The van der Waals surface area contributed by atoms with Crippen molar-refractivity contribution in [2.45, 2.75) is 18.6 Å². The van der Waals surface area contributed by atoms with E-state index < -0.39 is 5.25 Å². The Morgan fingerprint density at radius 1 is 1.24 bits per heavy atom. The summed E-state index contributed by atoms with van der Waals surface area (Å²) in [7, 11) is 0. The van der Waals surface area contributed by atoms with Gasteiger partial charge in [-0.15, -0.1) is 16.4 Å². The predicted octanol–water partition coefficient (Wildman–Crippen LogP) is 3.09. The SMILES string of the molecule is C/C(=N/N=C1/NC(=O)C[C@H](C(=O)Nc2ccccc2)S1)c1cccs1. The van der Waals surface area contributed by atoms with Crippen molar-refractivity contribution >= 4 is 51.5 Å². The highest BCUT2D eigenvalue weighted by atomic mass is 32.2. The van der Waals surface area contributed by atoms with Gasteiger partial charge in [-0.3, -0.25) is 9.59 Å². The first-order chi connectivity index (χ1) is 12.1. The highest BCUT2D eigenvalue weighted by Crippen LogP contribution is 2.22. The third-order valence-electron chi connectivity index (χ3n) is 3.37. The summed E-state index contributed by atoms with van der Waals surface area (Å²) >= 11 is 2.77. The van der Waals surface area contributed by atoms with E-state index in [4.69, 9.17) is 0 Å². The number of para-hydroxylation sites is 1. The van der Waals surface area contributed by atoms with Gasteiger partial charge in [0.05, 0.1) is 10.6 Å². The molecule has 1 aliphatic rings. The number of amidine groups is 1. The fraction of sp³-hybridized carbons (Fsp3) is 0.176. The minimum Gasteiger partial charge on any atom is -0.325 e. The predicted molar refractivity (Wildman–Crippen MR) is 103 cm³/mol. The molecule has 8 heteroatoms. The largest absolute Gasteiger partial charge is 0.325 e. The van der Waals surface area contributed by atoms with Crippen molar-refractivity contribution in [3.8, 4) is 0 Å². The Morgan fingerprint density at radius 2 is 2.04 bits per heavy atom. The van der Waals surface area contributed by atoms with E-state index in [1.165, 1.54) is 11.8 Å². The number of hydrogen-bond acceptors (Lipinski definition) is 6. The van der Waals surface area contributed by atoms with E-state index in [9.17, 15) is 9.59 Å². The van der Waals surface area contributed by atoms with Crippen molar-refractivity contribution < 1.29 is 9.59 Å². The van der Waals surface area contributed by atoms with Crippen molar-refractivity contribution in [1.29, 1.82) is 0 Å². The second-order valence-corrected chi connectivity index (χ2v) is 7.42. The van der Waals surface area contributed by atoms with Gasteiger partial charge in [-0.05, 0) is 30.5 Å². The molecule has 1 aromatic carbocycles. The van der Waals surface area contributed by atoms with Gasteiger partial charge in [0.25, 0.3) is 0 Å². The number of benzene rings is 1. The van der Waals surface area contributed by atoms with E-state index in [-0.39, 0.29) is 18.2 Å². The number of carbonyl (C=O) groups is 2. The van der Waals surface area contributed by atoms with Gasteiger partial charge >= 0.3 is 0 Å². The standard InChI is InChI=1S/C17H16N4O2S2/c1-11(13-8-5-9-24-13)20-21-17-19-15(22)10-14(25-17)16(23)18-12-6-3-2-4-7-12/h2-9,14H,10H2,1H3,(H,18,23)(H,19,21,22)/b20-11-/t14-/m1/s1. The smallest absolute Gasteiger partial charge is 0.238 e. The number of hydrogen-bond donors (Lipinski definition) is 2. The fourth-order valence-electron chi connectivity index (χ4n) is 2.14. The van der Waals surface area contributed by atoms with Gasteiger partial charge in [0.1, 0.15) is 5.25 Å². The summed E-state index contributed by atoms with van der Waals surface area (Å²) in [6, 6.07) is 13.0. The van der Waals surface area contributed by atoms with Crippen LogP contribution in [0.5, 0.6) is 0 Å². The summed E-state index contributed by atoms with van der Waals surface area (Å²) in [5.74, 6) is -0.465. The third-order valence-corrected chi connectivity index (χ3v) is 5.42. The molecule has 1 saturated heterocycles. The lowest BCUT2D eigenvalue weighted by atomic mass is 10.2. The van der Waals surface area contributed by atoms with E-state index in [0.29, 0.717) is 10.9 Å². The normalized spacial score (nSPS) is 19.6. The van der Waals surface area contributed by atoms with Crippen LogP contribution in [0.4, 0.5) is 5.69 Å². The van der Waals surface area contributed by atoms with Crippen LogP contribution in [0.1, 0.15) is 18.2 Å². The van der Waals surface area contributed by atoms with E-state index in [2.05, 4.69) is 20.8 Å². The summed E-state index contributed by atoms with van der Waals surface area (Å²) in [4.78, 5) is 25.3. The van der Waals surface area contributed by atoms with Crippen LogP contribution >= 0.6 is 23.1 Å².